The van der Waals surface area contributed by atoms with Gasteiger partial charge >= 0.3 is 7.12 Å². The molecule has 3 heterocycles. The van der Waals surface area contributed by atoms with Crippen LogP contribution in [0.4, 0.5) is 0 Å². The number of imidazole rings is 1. The van der Waals surface area contributed by atoms with Crippen LogP contribution in [0.2, 0.25) is 0 Å². The van der Waals surface area contributed by atoms with Gasteiger partial charge in [0.05, 0.1) is 32.8 Å². The number of hydrogen-bond acceptors (Lipinski definition) is 5. The zero-order valence-electron chi connectivity index (χ0n) is 19.2. The summed E-state index contributed by atoms with van der Waals surface area (Å²) in [4.78, 5) is 11.6. The molecule has 6 nitrogen and oxygen atoms in total. The topological polar surface area (TPSA) is 62.1 Å². The maximum absolute atomic E-state index is 8.08. The van der Waals surface area contributed by atoms with Gasteiger partial charge in [-0.1, -0.05) is 0 Å². The predicted molar refractivity (Wildman–Crippen MR) is 79.6 cm³/mol. The van der Waals surface area contributed by atoms with Gasteiger partial charge in [-0.25, -0.2) is 9.97 Å². The zero-order valence-corrected chi connectivity index (χ0v) is 12.2. The van der Waals surface area contributed by atoms with E-state index >= 15 is 0 Å². The molecular formula is C14H19BN4O2. The zero-order chi connectivity index (χ0) is 21.2. The summed E-state index contributed by atoms with van der Waals surface area (Å²) in [6, 6.07) is 0. The van der Waals surface area contributed by atoms with E-state index in [1.807, 2.05) is 27.7 Å². The molecule has 3 rings (SSSR count). The van der Waals surface area contributed by atoms with E-state index in [9.17, 15) is 0 Å². The lowest BCUT2D eigenvalue weighted by atomic mass is 9.85. The van der Waals surface area contributed by atoms with Gasteiger partial charge in [0.15, 0.2) is 5.82 Å². The van der Waals surface area contributed by atoms with Gasteiger partial charge in [-0.3, -0.25) is 9.55 Å². The summed E-state index contributed by atoms with van der Waals surface area (Å²) in [7, 11) is -1.04. The van der Waals surface area contributed by atoms with Gasteiger partial charge in [0.1, 0.15) is 7.67 Å². The van der Waals surface area contributed by atoms with Gasteiger partial charge in [-0.05, 0) is 34.5 Å². The molecule has 2 aromatic rings. The Balaban J connectivity index is 2.14. The molecule has 1 aliphatic heterocycles. The molecule has 0 N–H and O–H groups in total. The van der Waals surface area contributed by atoms with Crippen molar-refractivity contribution in [2.75, 3.05) is 0 Å². The molecule has 110 valence electrons. The van der Waals surface area contributed by atoms with E-state index in [1.165, 1.54) is 0 Å². The second kappa shape index (κ2) is 4.64. The lowest BCUT2D eigenvalue weighted by Gasteiger charge is -2.32. The Labute approximate surface area is 134 Å². The summed E-state index contributed by atoms with van der Waals surface area (Å²) < 4.78 is 66.9. The van der Waals surface area contributed by atoms with Crippen molar-refractivity contribution < 1.29 is 18.9 Å². The van der Waals surface area contributed by atoms with Gasteiger partial charge < -0.3 is 9.31 Å². The Hall–Kier alpha value is -1.73. The number of aryl methyl sites for hydroxylation is 1. The third-order valence-electron chi connectivity index (χ3n) is 3.72. The van der Waals surface area contributed by atoms with Crippen LogP contribution in [0.25, 0.3) is 5.82 Å². The van der Waals surface area contributed by atoms with E-state index in [4.69, 9.17) is 18.9 Å². The van der Waals surface area contributed by atoms with Crippen molar-refractivity contribution in [3.8, 4) is 5.82 Å². The van der Waals surface area contributed by atoms with Crippen molar-refractivity contribution in [1.82, 2.24) is 19.5 Å². The monoisotopic (exact) mass is 293 g/mol. The second-order valence-corrected chi connectivity index (χ2v) is 5.75. The van der Waals surface area contributed by atoms with Gasteiger partial charge in [-0.15, -0.1) is 0 Å². The first-order chi connectivity index (χ1) is 12.7. The van der Waals surface area contributed by atoms with Crippen LogP contribution in [0.1, 0.15) is 43.0 Å². The Morgan fingerprint density at radius 3 is 2.57 bits per heavy atom. The first kappa shape index (κ1) is 8.05. The number of nitrogens with zero attached hydrogens (tertiary/aromatic N) is 4. The summed E-state index contributed by atoms with van der Waals surface area (Å²) in [5.41, 5.74) is -2.01. The van der Waals surface area contributed by atoms with E-state index in [0.29, 0.717) is 0 Å². The van der Waals surface area contributed by atoms with Crippen LogP contribution < -0.4 is 5.59 Å². The molecule has 0 aliphatic carbocycles. The predicted octanol–water partition coefficient (Wildman–Crippen LogP) is 1.27. The summed E-state index contributed by atoms with van der Waals surface area (Å²) in [5.74, 6) is -0.293. The smallest absolute Gasteiger partial charge is 0.398 e. The van der Waals surface area contributed by atoms with Crippen LogP contribution in [0, 0.1) is 6.85 Å². The van der Waals surface area contributed by atoms with E-state index in [2.05, 4.69) is 15.0 Å². The molecule has 7 heteroatoms. The van der Waals surface area contributed by atoms with E-state index < -0.39 is 49.5 Å². The fourth-order valence-electron chi connectivity index (χ4n) is 1.82. The third kappa shape index (κ3) is 2.47. The number of aromatic nitrogens is 4. The van der Waals surface area contributed by atoms with E-state index in [-0.39, 0.29) is 17.6 Å². The average Bonchev–Trinajstić information content (AvgIpc) is 2.92. The molecule has 1 aliphatic rings. The summed E-state index contributed by atoms with van der Waals surface area (Å²) >= 11 is 0. The van der Waals surface area contributed by atoms with Crippen LogP contribution in [0.3, 0.4) is 0 Å². The van der Waals surface area contributed by atoms with E-state index in [1.54, 1.807) is 0 Å². The van der Waals surface area contributed by atoms with E-state index in [0.717, 1.165) is 4.57 Å². The first-order valence-corrected chi connectivity index (χ1v) is 6.43. The number of rotatable bonds is 2. The van der Waals surface area contributed by atoms with Gasteiger partial charge in [-0.2, -0.15) is 0 Å². The third-order valence-corrected chi connectivity index (χ3v) is 3.72. The van der Waals surface area contributed by atoms with Crippen LogP contribution in [0.5, 0.6) is 0 Å². The highest BCUT2D eigenvalue weighted by atomic mass is 16.7. The molecule has 21 heavy (non-hydrogen) atoms. The molecule has 1 fully saturated rings. The van der Waals surface area contributed by atoms with Crippen molar-refractivity contribution in [3.63, 3.8) is 0 Å². The molecule has 0 atom stereocenters. The van der Waals surface area contributed by atoms with Crippen molar-refractivity contribution in [2.45, 2.75) is 45.7 Å². The molecule has 0 bridgehead atoms. The fraction of sp³-hybridized carbons (Fsp3) is 0.500. The Bertz CT molecular complexity index is 929. The quantitative estimate of drug-likeness (QED) is 0.780. The fourth-order valence-corrected chi connectivity index (χ4v) is 1.82. The number of hydrogen-bond donors (Lipinski definition) is 0. The van der Waals surface area contributed by atoms with Crippen LogP contribution in [0.15, 0.2) is 24.8 Å². The Morgan fingerprint density at radius 2 is 1.95 bits per heavy atom. The maximum Gasteiger partial charge on any atom is 0.516 e. The molecule has 0 aromatic carbocycles. The highest BCUT2D eigenvalue weighted by Crippen LogP contribution is 2.36. The maximum atomic E-state index is 8.08. The lowest BCUT2D eigenvalue weighted by molar-refractivity contribution is 0.00578. The molecule has 0 spiro atoms. The van der Waals surface area contributed by atoms with Crippen LogP contribution in [-0.4, -0.2) is 37.8 Å². The molecular weight excluding hydrogens is 267 g/mol. The van der Waals surface area contributed by atoms with Crippen molar-refractivity contribution in [2.24, 2.45) is 0 Å². The lowest BCUT2D eigenvalue weighted by Crippen LogP contribution is -2.41. The SMILES string of the molecule is [2H]c1nc([2H])c(-n2c([2H])nc(C([2H])([2H])[2H])c2[2H])nc1B1OC(C)(C)C(C)(C)O1. The summed E-state index contributed by atoms with van der Waals surface area (Å²) in [5, 5.41) is 0. The van der Waals surface area contributed by atoms with Crippen molar-refractivity contribution in [3.05, 3.63) is 30.5 Å². The van der Waals surface area contributed by atoms with Gasteiger partial charge in [0, 0.05) is 16.5 Å². The largest absolute Gasteiger partial charge is 0.516 e. The second-order valence-electron chi connectivity index (χ2n) is 5.75. The molecule has 0 amide bonds. The van der Waals surface area contributed by atoms with Crippen molar-refractivity contribution in [1.29, 1.82) is 0 Å². The van der Waals surface area contributed by atoms with Gasteiger partial charge in [0.2, 0.25) is 0 Å². The minimum atomic E-state index is -2.70. The molecule has 0 radical (unpaired) electrons. The minimum absolute atomic E-state index is 0.0346. The highest BCUT2D eigenvalue weighted by molar-refractivity contribution is 6.61. The van der Waals surface area contributed by atoms with Crippen LogP contribution in [-0.2, 0) is 9.31 Å². The van der Waals surface area contributed by atoms with Crippen molar-refractivity contribution >= 4 is 12.7 Å². The Kier molecular flexibility index (Phi) is 1.78. The first-order valence-electron chi connectivity index (χ1n) is 9.93. The molecule has 0 unspecified atom stereocenters. The Morgan fingerprint density at radius 1 is 1.24 bits per heavy atom. The summed E-state index contributed by atoms with van der Waals surface area (Å²) in [6.45, 7) is 4.61. The summed E-state index contributed by atoms with van der Waals surface area (Å²) in [6.07, 6.45) is -2.01. The molecule has 2 aromatic heterocycles. The average molecular weight is 293 g/mol. The van der Waals surface area contributed by atoms with Crippen LogP contribution >= 0.6 is 0 Å². The standard InChI is InChI=1S/C14H19BN4O2/c1-10-8-19(9-17-10)12-7-16-6-11(18-12)15-20-13(2,3)14(4,5)21-15/h6-9H,1-5H3/i1D3,6D,7D,8D,9D. The molecule has 0 saturated carbocycles. The molecule has 1 saturated heterocycles. The van der Waals surface area contributed by atoms with Gasteiger partial charge in [0.25, 0.3) is 0 Å². The highest BCUT2D eigenvalue weighted by Gasteiger charge is 2.52. The normalized spacial score (nSPS) is 25.3. The minimum Gasteiger partial charge on any atom is -0.398 e.